The van der Waals surface area contributed by atoms with Crippen LogP contribution in [0.15, 0.2) is 11.6 Å². The summed E-state index contributed by atoms with van der Waals surface area (Å²) in [4.78, 5) is 11.9. The molecule has 114 valence electrons. The third-order valence-electron chi connectivity index (χ3n) is 4.04. The van der Waals surface area contributed by atoms with Gasteiger partial charge in [-0.25, -0.2) is 0 Å². The fraction of sp³-hybridized carbons (Fsp3) is 0.812. The van der Waals surface area contributed by atoms with E-state index < -0.39 is 5.79 Å². The number of ether oxygens (including phenoxy) is 2. The highest BCUT2D eigenvalue weighted by atomic mass is 16.7. The van der Waals surface area contributed by atoms with E-state index in [9.17, 15) is 4.79 Å². The van der Waals surface area contributed by atoms with Crippen molar-refractivity contribution in [3.63, 3.8) is 0 Å². The fourth-order valence-corrected chi connectivity index (χ4v) is 3.00. The Morgan fingerprint density at radius 1 is 1.40 bits per heavy atom. The van der Waals surface area contributed by atoms with E-state index in [0.717, 1.165) is 19.3 Å². The van der Waals surface area contributed by atoms with E-state index in [0.29, 0.717) is 32.1 Å². The van der Waals surface area contributed by atoms with Crippen molar-refractivity contribution in [3.05, 3.63) is 11.6 Å². The molecule has 0 bridgehead atoms. The molecule has 0 saturated carbocycles. The van der Waals surface area contributed by atoms with Gasteiger partial charge in [0.1, 0.15) is 0 Å². The summed E-state index contributed by atoms with van der Waals surface area (Å²) in [6, 6.07) is 0. The van der Waals surface area contributed by atoms with E-state index in [1.807, 2.05) is 6.92 Å². The van der Waals surface area contributed by atoms with Crippen LogP contribution in [0, 0.1) is 5.92 Å². The highest BCUT2D eigenvalue weighted by Crippen LogP contribution is 2.26. The summed E-state index contributed by atoms with van der Waals surface area (Å²) >= 11 is 0. The van der Waals surface area contributed by atoms with Crippen LogP contribution in [0.5, 0.6) is 0 Å². The summed E-state index contributed by atoms with van der Waals surface area (Å²) < 4.78 is 11.2. The minimum absolute atomic E-state index is 0.142. The molecule has 1 saturated heterocycles. The molecule has 1 heterocycles. The molecule has 0 aromatic heterocycles. The SMILES string of the molecule is C[C@@H](CNC(=O)CC1=CCCCC1)CC1(C)OCCO1. The lowest BCUT2D eigenvalue weighted by Crippen LogP contribution is -2.34. The average Bonchev–Trinajstić information content (AvgIpc) is 2.84. The molecule has 1 amide bonds. The molecule has 0 aromatic rings. The molecule has 0 radical (unpaired) electrons. The molecule has 0 unspecified atom stereocenters. The summed E-state index contributed by atoms with van der Waals surface area (Å²) in [5.74, 6) is 0.0292. The van der Waals surface area contributed by atoms with Gasteiger partial charge in [0.05, 0.1) is 13.2 Å². The van der Waals surface area contributed by atoms with Crippen molar-refractivity contribution >= 4 is 5.91 Å². The maximum Gasteiger partial charge on any atom is 0.224 e. The first-order valence-corrected chi connectivity index (χ1v) is 7.80. The zero-order valence-electron chi connectivity index (χ0n) is 12.7. The third-order valence-corrected chi connectivity index (χ3v) is 4.04. The zero-order valence-corrected chi connectivity index (χ0v) is 12.7. The standard InChI is InChI=1S/C16H27NO3/c1-13(11-16(2)19-8-9-20-16)12-17-15(18)10-14-6-4-3-5-7-14/h6,13H,3-5,7-12H2,1-2H3,(H,17,18)/t13-/m1/s1. The third kappa shape index (κ3) is 4.91. The number of amides is 1. The highest BCUT2D eigenvalue weighted by molar-refractivity contribution is 5.78. The minimum Gasteiger partial charge on any atom is -0.356 e. The number of rotatable bonds is 6. The van der Waals surface area contributed by atoms with Crippen LogP contribution in [0.4, 0.5) is 0 Å². The van der Waals surface area contributed by atoms with Gasteiger partial charge < -0.3 is 14.8 Å². The van der Waals surface area contributed by atoms with Crippen LogP contribution >= 0.6 is 0 Å². The van der Waals surface area contributed by atoms with Crippen LogP contribution in [0.25, 0.3) is 0 Å². The molecule has 2 rings (SSSR count). The smallest absolute Gasteiger partial charge is 0.224 e. The molecule has 1 aliphatic carbocycles. The molecule has 0 aromatic carbocycles. The number of allylic oxidation sites excluding steroid dienone is 1. The number of hydrogen-bond acceptors (Lipinski definition) is 3. The number of hydrogen-bond donors (Lipinski definition) is 1. The Balaban J connectivity index is 1.66. The van der Waals surface area contributed by atoms with Crippen molar-refractivity contribution in [2.45, 2.75) is 58.2 Å². The monoisotopic (exact) mass is 281 g/mol. The average molecular weight is 281 g/mol. The normalized spacial score (nSPS) is 23.2. The predicted octanol–water partition coefficient (Wildman–Crippen LogP) is 2.78. The summed E-state index contributed by atoms with van der Waals surface area (Å²) in [5, 5.41) is 3.03. The van der Waals surface area contributed by atoms with Gasteiger partial charge in [0.15, 0.2) is 5.79 Å². The van der Waals surface area contributed by atoms with Gasteiger partial charge in [-0.2, -0.15) is 0 Å². The summed E-state index contributed by atoms with van der Waals surface area (Å²) in [5.41, 5.74) is 1.30. The molecule has 4 nitrogen and oxygen atoms in total. The second-order valence-electron chi connectivity index (χ2n) is 6.23. The first-order valence-electron chi connectivity index (χ1n) is 7.80. The summed E-state index contributed by atoms with van der Waals surface area (Å²) in [7, 11) is 0. The highest BCUT2D eigenvalue weighted by Gasteiger charge is 2.32. The van der Waals surface area contributed by atoms with Gasteiger partial charge in [0.2, 0.25) is 5.91 Å². The van der Waals surface area contributed by atoms with E-state index in [-0.39, 0.29) is 5.91 Å². The van der Waals surface area contributed by atoms with E-state index in [1.165, 1.54) is 18.4 Å². The predicted molar refractivity (Wildman–Crippen MR) is 78.3 cm³/mol. The molecule has 1 N–H and O–H groups in total. The quantitative estimate of drug-likeness (QED) is 0.762. The lowest BCUT2D eigenvalue weighted by molar-refractivity contribution is -0.154. The van der Waals surface area contributed by atoms with Gasteiger partial charge in [-0.15, -0.1) is 0 Å². The molecular formula is C16H27NO3. The van der Waals surface area contributed by atoms with Gasteiger partial charge in [0.25, 0.3) is 0 Å². The Hall–Kier alpha value is -0.870. The van der Waals surface area contributed by atoms with Crippen LogP contribution in [0.3, 0.4) is 0 Å². The zero-order chi connectivity index (χ0) is 14.4. The Kier molecular flexibility index (Phi) is 5.61. The lowest BCUT2D eigenvalue weighted by Gasteiger charge is -2.26. The summed E-state index contributed by atoms with van der Waals surface area (Å²) in [6.07, 6.45) is 8.32. The fourth-order valence-electron chi connectivity index (χ4n) is 3.00. The maximum atomic E-state index is 11.9. The van der Waals surface area contributed by atoms with E-state index in [4.69, 9.17) is 9.47 Å². The van der Waals surface area contributed by atoms with Crippen LogP contribution in [-0.4, -0.2) is 31.5 Å². The first kappa shape index (κ1) is 15.5. The van der Waals surface area contributed by atoms with Gasteiger partial charge >= 0.3 is 0 Å². The molecule has 1 fully saturated rings. The van der Waals surface area contributed by atoms with Crippen LogP contribution in [0.2, 0.25) is 0 Å². The van der Waals surface area contributed by atoms with Crippen molar-refractivity contribution in [2.24, 2.45) is 5.92 Å². The second kappa shape index (κ2) is 7.23. The van der Waals surface area contributed by atoms with Gasteiger partial charge in [-0.05, 0) is 38.5 Å². The van der Waals surface area contributed by atoms with Crippen molar-refractivity contribution in [2.75, 3.05) is 19.8 Å². The maximum absolute atomic E-state index is 11.9. The van der Waals surface area contributed by atoms with Gasteiger partial charge in [-0.3, -0.25) is 4.79 Å². The Labute approximate surface area is 121 Å². The lowest BCUT2D eigenvalue weighted by atomic mass is 9.97. The second-order valence-corrected chi connectivity index (χ2v) is 6.23. The molecule has 1 aliphatic heterocycles. The largest absolute Gasteiger partial charge is 0.356 e. The van der Waals surface area contributed by atoms with Crippen molar-refractivity contribution < 1.29 is 14.3 Å². The molecule has 20 heavy (non-hydrogen) atoms. The van der Waals surface area contributed by atoms with Gasteiger partial charge in [0, 0.05) is 19.4 Å². The molecular weight excluding hydrogens is 254 g/mol. The van der Waals surface area contributed by atoms with Crippen molar-refractivity contribution in [3.8, 4) is 0 Å². The van der Waals surface area contributed by atoms with Crippen molar-refractivity contribution in [1.29, 1.82) is 0 Å². The Bertz CT molecular complexity index is 359. The number of nitrogens with one attached hydrogen (secondary N) is 1. The van der Waals surface area contributed by atoms with Crippen LogP contribution in [-0.2, 0) is 14.3 Å². The first-order chi connectivity index (χ1) is 9.57. The Morgan fingerprint density at radius 3 is 2.80 bits per heavy atom. The number of carbonyl (C=O) groups is 1. The van der Waals surface area contributed by atoms with E-state index in [1.54, 1.807) is 0 Å². The van der Waals surface area contributed by atoms with E-state index >= 15 is 0 Å². The molecule has 2 aliphatic rings. The topological polar surface area (TPSA) is 47.6 Å². The van der Waals surface area contributed by atoms with Crippen molar-refractivity contribution in [1.82, 2.24) is 5.32 Å². The van der Waals surface area contributed by atoms with Crippen LogP contribution < -0.4 is 5.32 Å². The summed E-state index contributed by atoms with van der Waals surface area (Å²) in [6.45, 7) is 6.13. The van der Waals surface area contributed by atoms with Gasteiger partial charge in [-0.1, -0.05) is 18.6 Å². The Morgan fingerprint density at radius 2 is 2.15 bits per heavy atom. The molecule has 1 atom stereocenters. The molecule has 0 spiro atoms. The molecule has 4 heteroatoms. The van der Waals surface area contributed by atoms with Crippen LogP contribution in [0.1, 0.15) is 52.4 Å². The minimum atomic E-state index is -0.462. The van der Waals surface area contributed by atoms with E-state index in [2.05, 4.69) is 18.3 Å². The number of carbonyl (C=O) groups excluding carboxylic acids is 1.